The van der Waals surface area contributed by atoms with Gasteiger partial charge in [-0.1, -0.05) is 32.9 Å². The van der Waals surface area contributed by atoms with Crippen LogP contribution in [0.25, 0.3) is 0 Å². The maximum atomic E-state index is 12.3. The lowest BCUT2D eigenvalue weighted by atomic mass is 9.98. The number of thiazole rings is 1. The normalized spacial score (nSPS) is 11.7. The highest BCUT2D eigenvalue weighted by Crippen LogP contribution is 2.28. The zero-order valence-corrected chi connectivity index (χ0v) is 13.0. The van der Waals surface area contributed by atoms with Crippen LogP contribution in [0.2, 0.25) is 0 Å². The Labute approximate surface area is 127 Å². The quantitative estimate of drug-likeness (QED) is 0.872. The second-order valence-corrected chi connectivity index (χ2v) is 6.48. The Morgan fingerprint density at radius 1 is 1.29 bits per heavy atom. The van der Waals surface area contributed by atoms with E-state index >= 15 is 0 Å². The van der Waals surface area contributed by atoms with Crippen molar-refractivity contribution >= 4 is 17.0 Å². The van der Waals surface area contributed by atoms with E-state index in [0.29, 0.717) is 12.2 Å². The standard InChI is InChI=1S/C15H18F2N2OS/c1-15(2,3)13-19-10(9-21-13)8-18-11-6-4-5-7-12(11)20-14(16)17/h4-7,9,14,18H,8H2,1-3H3. The molecule has 0 aliphatic rings. The van der Waals surface area contributed by atoms with Gasteiger partial charge in [-0.2, -0.15) is 8.78 Å². The fraction of sp³-hybridized carbons (Fsp3) is 0.400. The highest BCUT2D eigenvalue weighted by molar-refractivity contribution is 7.09. The fourth-order valence-electron chi connectivity index (χ4n) is 1.73. The summed E-state index contributed by atoms with van der Waals surface area (Å²) in [5.74, 6) is 0.138. The topological polar surface area (TPSA) is 34.2 Å². The smallest absolute Gasteiger partial charge is 0.387 e. The first kappa shape index (κ1) is 15.7. The van der Waals surface area contributed by atoms with E-state index in [1.165, 1.54) is 6.07 Å². The first-order valence-electron chi connectivity index (χ1n) is 6.59. The summed E-state index contributed by atoms with van der Waals surface area (Å²) in [4.78, 5) is 4.55. The van der Waals surface area contributed by atoms with E-state index in [2.05, 4.69) is 35.8 Å². The number of anilines is 1. The molecule has 1 N–H and O–H groups in total. The van der Waals surface area contributed by atoms with Gasteiger partial charge in [0.05, 0.1) is 22.9 Å². The number of para-hydroxylation sites is 2. The number of hydrogen-bond donors (Lipinski definition) is 1. The van der Waals surface area contributed by atoms with Crippen LogP contribution in [0.5, 0.6) is 5.75 Å². The molecule has 0 radical (unpaired) electrons. The van der Waals surface area contributed by atoms with Gasteiger partial charge in [0.15, 0.2) is 0 Å². The summed E-state index contributed by atoms with van der Waals surface area (Å²) in [6, 6.07) is 6.64. The zero-order valence-electron chi connectivity index (χ0n) is 12.2. The van der Waals surface area contributed by atoms with Crippen LogP contribution in [-0.2, 0) is 12.0 Å². The van der Waals surface area contributed by atoms with Gasteiger partial charge in [-0.3, -0.25) is 0 Å². The van der Waals surface area contributed by atoms with Gasteiger partial charge in [-0.15, -0.1) is 11.3 Å². The second kappa shape index (κ2) is 6.39. The monoisotopic (exact) mass is 312 g/mol. The molecular formula is C15H18F2N2OS. The number of hydrogen-bond acceptors (Lipinski definition) is 4. The Balaban J connectivity index is 2.05. The highest BCUT2D eigenvalue weighted by Gasteiger charge is 2.18. The predicted molar refractivity (Wildman–Crippen MR) is 81.2 cm³/mol. The molecule has 0 saturated carbocycles. The van der Waals surface area contributed by atoms with Gasteiger partial charge in [0.1, 0.15) is 5.75 Å². The molecule has 0 bridgehead atoms. The van der Waals surface area contributed by atoms with Gasteiger partial charge < -0.3 is 10.1 Å². The Morgan fingerprint density at radius 2 is 2.00 bits per heavy atom. The van der Waals surface area contributed by atoms with Crippen LogP contribution in [-0.4, -0.2) is 11.6 Å². The SMILES string of the molecule is CC(C)(C)c1nc(CNc2ccccc2OC(F)F)cs1. The van der Waals surface area contributed by atoms with Gasteiger partial charge in [-0.05, 0) is 12.1 Å². The molecule has 6 heteroatoms. The number of benzene rings is 1. The largest absolute Gasteiger partial charge is 0.433 e. The molecule has 114 valence electrons. The van der Waals surface area contributed by atoms with Gasteiger partial charge in [-0.25, -0.2) is 4.98 Å². The Kier molecular flexibility index (Phi) is 4.77. The van der Waals surface area contributed by atoms with E-state index < -0.39 is 6.61 Å². The molecule has 0 spiro atoms. The molecule has 1 aromatic heterocycles. The molecule has 2 rings (SSSR count). The number of aromatic nitrogens is 1. The summed E-state index contributed by atoms with van der Waals surface area (Å²) in [6.07, 6.45) is 0. The van der Waals surface area contributed by atoms with Crippen LogP contribution < -0.4 is 10.1 Å². The Bertz CT molecular complexity index is 593. The molecular weight excluding hydrogens is 294 g/mol. The first-order valence-corrected chi connectivity index (χ1v) is 7.47. The van der Waals surface area contributed by atoms with E-state index in [1.54, 1.807) is 29.5 Å². The molecule has 0 aliphatic carbocycles. The summed E-state index contributed by atoms with van der Waals surface area (Å²) in [5.41, 5.74) is 1.43. The maximum absolute atomic E-state index is 12.3. The Hall–Kier alpha value is -1.69. The minimum absolute atomic E-state index is 0.0135. The summed E-state index contributed by atoms with van der Waals surface area (Å²) in [5, 5.41) is 6.11. The summed E-state index contributed by atoms with van der Waals surface area (Å²) >= 11 is 1.60. The van der Waals surface area contributed by atoms with E-state index in [0.717, 1.165) is 10.7 Å². The van der Waals surface area contributed by atoms with E-state index in [4.69, 9.17) is 0 Å². The molecule has 0 saturated heterocycles. The molecule has 2 aromatic rings. The van der Waals surface area contributed by atoms with Crippen molar-refractivity contribution in [3.05, 3.63) is 40.3 Å². The lowest BCUT2D eigenvalue weighted by Crippen LogP contribution is -2.11. The van der Waals surface area contributed by atoms with Crippen LogP contribution in [0.3, 0.4) is 0 Å². The van der Waals surface area contributed by atoms with Crippen LogP contribution >= 0.6 is 11.3 Å². The third-order valence-corrected chi connectivity index (χ3v) is 4.07. The molecule has 1 heterocycles. The molecule has 0 aliphatic heterocycles. The summed E-state index contributed by atoms with van der Waals surface area (Å²) < 4.78 is 29.2. The number of rotatable bonds is 5. The van der Waals surface area contributed by atoms with E-state index in [1.807, 2.05) is 5.38 Å². The average molecular weight is 312 g/mol. The molecule has 0 unspecified atom stereocenters. The molecule has 21 heavy (non-hydrogen) atoms. The molecule has 0 amide bonds. The van der Waals surface area contributed by atoms with Crippen molar-refractivity contribution in [2.45, 2.75) is 39.3 Å². The van der Waals surface area contributed by atoms with Crippen molar-refractivity contribution in [3.8, 4) is 5.75 Å². The van der Waals surface area contributed by atoms with Crippen molar-refractivity contribution in [3.63, 3.8) is 0 Å². The zero-order chi connectivity index (χ0) is 15.5. The van der Waals surface area contributed by atoms with Crippen LogP contribution in [0.1, 0.15) is 31.5 Å². The second-order valence-electron chi connectivity index (χ2n) is 5.62. The lowest BCUT2D eigenvalue weighted by molar-refractivity contribution is -0.0493. The lowest BCUT2D eigenvalue weighted by Gasteiger charge is -2.14. The van der Waals surface area contributed by atoms with E-state index in [-0.39, 0.29) is 11.2 Å². The fourth-order valence-corrected chi connectivity index (χ4v) is 2.64. The number of halogens is 2. The number of nitrogens with zero attached hydrogens (tertiary/aromatic N) is 1. The van der Waals surface area contributed by atoms with E-state index in [9.17, 15) is 8.78 Å². The van der Waals surface area contributed by atoms with Gasteiger partial charge in [0, 0.05) is 10.8 Å². The van der Waals surface area contributed by atoms with Crippen molar-refractivity contribution in [1.29, 1.82) is 0 Å². The van der Waals surface area contributed by atoms with Crippen LogP contribution in [0, 0.1) is 0 Å². The molecule has 3 nitrogen and oxygen atoms in total. The number of ether oxygens (including phenoxy) is 1. The van der Waals surface area contributed by atoms with Gasteiger partial charge in [0.2, 0.25) is 0 Å². The van der Waals surface area contributed by atoms with Crippen LogP contribution in [0.4, 0.5) is 14.5 Å². The van der Waals surface area contributed by atoms with Crippen molar-refractivity contribution in [2.75, 3.05) is 5.32 Å². The molecule has 0 atom stereocenters. The molecule has 1 aromatic carbocycles. The van der Waals surface area contributed by atoms with Gasteiger partial charge >= 0.3 is 6.61 Å². The highest BCUT2D eigenvalue weighted by atomic mass is 32.1. The minimum atomic E-state index is -2.83. The number of nitrogens with one attached hydrogen (secondary N) is 1. The van der Waals surface area contributed by atoms with Crippen molar-refractivity contribution in [2.24, 2.45) is 0 Å². The average Bonchev–Trinajstić information content (AvgIpc) is 2.86. The number of alkyl halides is 2. The van der Waals surface area contributed by atoms with Crippen molar-refractivity contribution in [1.82, 2.24) is 4.98 Å². The summed E-state index contributed by atoms with van der Waals surface area (Å²) in [7, 11) is 0. The third kappa shape index (κ3) is 4.39. The maximum Gasteiger partial charge on any atom is 0.387 e. The third-order valence-electron chi connectivity index (χ3n) is 2.76. The van der Waals surface area contributed by atoms with Crippen LogP contribution in [0.15, 0.2) is 29.6 Å². The van der Waals surface area contributed by atoms with Gasteiger partial charge in [0.25, 0.3) is 0 Å². The predicted octanol–water partition coefficient (Wildman–Crippen LogP) is 4.65. The Morgan fingerprint density at radius 3 is 2.62 bits per heavy atom. The first-order chi connectivity index (χ1) is 9.86. The molecule has 0 fully saturated rings. The van der Waals surface area contributed by atoms with Crippen molar-refractivity contribution < 1.29 is 13.5 Å². The minimum Gasteiger partial charge on any atom is -0.433 e. The summed E-state index contributed by atoms with van der Waals surface area (Å²) in [6.45, 7) is 3.95.